The van der Waals surface area contributed by atoms with E-state index in [9.17, 15) is 4.79 Å². The van der Waals surface area contributed by atoms with Crippen LogP contribution >= 0.6 is 0 Å². The predicted octanol–water partition coefficient (Wildman–Crippen LogP) is 1.89. The standard InChI is InChI=1S/C16H24N2O2/c1-20-15-7-4-13(5-8-15)6-9-16(19)18-12-10-14-3-2-11-17-14/h4-5,7-8,14,17H,2-3,6,9-12H2,1H3,(H,18,19). The van der Waals surface area contributed by atoms with E-state index in [0.29, 0.717) is 12.5 Å². The molecule has 1 aliphatic heterocycles. The molecule has 1 saturated heterocycles. The van der Waals surface area contributed by atoms with Crippen molar-refractivity contribution in [3.8, 4) is 5.75 Å². The summed E-state index contributed by atoms with van der Waals surface area (Å²) in [4.78, 5) is 11.8. The van der Waals surface area contributed by atoms with E-state index in [2.05, 4.69) is 10.6 Å². The summed E-state index contributed by atoms with van der Waals surface area (Å²) in [6.07, 6.45) is 4.86. The summed E-state index contributed by atoms with van der Waals surface area (Å²) in [6, 6.07) is 8.47. The van der Waals surface area contributed by atoms with Crippen molar-refractivity contribution in [3.63, 3.8) is 0 Å². The van der Waals surface area contributed by atoms with Crippen LogP contribution < -0.4 is 15.4 Å². The Kier molecular flexibility index (Phi) is 5.87. The number of amides is 1. The Labute approximate surface area is 120 Å². The van der Waals surface area contributed by atoms with Crippen molar-refractivity contribution in [2.24, 2.45) is 0 Å². The first-order valence-electron chi connectivity index (χ1n) is 7.41. The molecule has 0 aliphatic carbocycles. The van der Waals surface area contributed by atoms with Crippen molar-refractivity contribution >= 4 is 5.91 Å². The minimum atomic E-state index is 0.138. The first-order valence-corrected chi connectivity index (χ1v) is 7.41. The molecule has 20 heavy (non-hydrogen) atoms. The van der Waals surface area contributed by atoms with Crippen LogP contribution in [0.3, 0.4) is 0 Å². The van der Waals surface area contributed by atoms with Gasteiger partial charge in [0.05, 0.1) is 7.11 Å². The van der Waals surface area contributed by atoms with Gasteiger partial charge in [0.2, 0.25) is 5.91 Å². The Morgan fingerprint density at radius 3 is 2.85 bits per heavy atom. The van der Waals surface area contributed by atoms with Gasteiger partial charge in [-0.1, -0.05) is 12.1 Å². The second-order valence-corrected chi connectivity index (χ2v) is 5.28. The Bertz CT molecular complexity index is 411. The van der Waals surface area contributed by atoms with E-state index in [0.717, 1.165) is 31.7 Å². The highest BCUT2D eigenvalue weighted by molar-refractivity contribution is 5.76. The fourth-order valence-electron chi connectivity index (χ4n) is 2.53. The molecule has 1 atom stereocenters. The van der Waals surface area contributed by atoms with Gasteiger partial charge < -0.3 is 15.4 Å². The monoisotopic (exact) mass is 276 g/mol. The average molecular weight is 276 g/mol. The van der Waals surface area contributed by atoms with Crippen molar-refractivity contribution < 1.29 is 9.53 Å². The highest BCUT2D eigenvalue weighted by Crippen LogP contribution is 2.12. The zero-order valence-electron chi connectivity index (χ0n) is 12.2. The minimum absolute atomic E-state index is 0.138. The maximum Gasteiger partial charge on any atom is 0.220 e. The molecule has 0 aromatic heterocycles. The number of benzene rings is 1. The zero-order valence-corrected chi connectivity index (χ0v) is 12.2. The molecule has 0 saturated carbocycles. The van der Waals surface area contributed by atoms with Gasteiger partial charge in [-0.2, -0.15) is 0 Å². The van der Waals surface area contributed by atoms with Gasteiger partial charge in [0.1, 0.15) is 5.75 Å². The van der Waals surface area contributed by atoms with E-state index in [-0.39, 0.29) is 5.91 Å². The Morgan fingerprint density at radius 2 is 2.20 bits per heavy atom. The lowest BCUT2D eigenvalue weighted by atomic mass is 10.1. The molecule has 110 valence electrons. The summed E-state index contributed by atoms with van der Waals surface area (Å²) in [7, 11) is 1.65. The number of nitrogens with one attached hydrogen (secondary N) is 2. The van der Waals surface area contributed by atoms with Crippen molar-refractivity contribution in [1.29, 1.82) is 0 Å². The van der Waals surface area contributed by atoms with Crippen molar-refractivity contribution in [1.82, 2.24) is 10.6 Å². The molecule has 2 rings (SSSR count). The number of methoxy groups -OCH3 is 1. The number of rotatable bonds is 7. The predicted molar refractivity (Wildman–Crippen MR) is 80.0 cm³/mol. The first-order chi connectivity index (χ1) is 9.78. The molecule has 0 spiro atoms. The number of aryl methyl sites for hydroxylation is 1. The number of hydrogen-bond acceptors (Lipinski definition) is 3. The molecular formula is C16H24N2O2. The fraction of sp³-hybridized carbons (Fsp3) is 0.562. The first kappa shape index (κ1) is 14.9. The van der Waals surface area contributed by atoms with Crippen LogP contribution in [0.5, 0.6) is 5.75 Å². The Morgan fingerprint density at radius 1 is 1.40 bits per heavy atom. The second-order valence-electron chi connectivity index (χ2n) is 5.28. The van der Waals surface area contributed by atoms with Gasteiger partial charge in [-0.3, -0.25) is 4.79 Å². The highest BCUT2D eigenvalue weighted by Gasteiger charge is 2.13. The van der Waals surface area contributed by atoms with Gasteiger partial charge in [0.15, 0.2) is 0 Å². The van der Waals surface area contributed by atoms with E-state index in [4.69, 9.17) is 4.74 Å². The van der Waals surface area contributed by atoms with Gasteiger partial charge in [-0.05, 0) is 49.9 Å². The van der Waals surface area contributed by atoms with E-state index < -0.39 is 0 Å². The lowest BCUT2D eigenvalue weighted by Crippen LogP contribution is -2.30. The molecule has 0 bridgehead atoms. The van der Waals surface area contributed by atoms with Gasteiger partial charge in [0, 0.05) is 19.0 Å². The molecule has 1 amide bonds. The molecule has 1 unspecified atom stereocenters. The van der Waals surface area contributed by atoms with Gasteiger partial charge in [0.25, 0.3) is 0 Å². The fourth-order valence-corrected chi connectivity index (χ4v) is 2.53. The largest absolute Gasteiger partial charge is 0.497 e. The molecule has 1 aromatic carbocycles. The summed E-state index contributed by atoms with van der Waals surface area (Å²) < 4.78 is 5.11. The lowest BCUT2D eigenvalue weighted by Gasteiger charge is -2.10. The van der Waals surface area contributed by atoms with Crippen LogP contribution in [-0.4, -0.2) is 32.1 Å². The van der Waals surface area contributed by atoms with E-state index >= 15 is 0 Å². The van der Waals surface area contributed by atoms with E-state index in [1.807, 2.05) is 24.3 Å². The minimum Gasteiger partial charge on any atom is -0.497 e. The van der Waals surface area contributed by atoms with E-state index in [1.165, 1.54) is 18.4 Å². The average Bonchev–Trinajstić information content (AvgIpc) is 2.99. The Balaban J connectivity index is 1.61. The summed E-state index contributed by atoms with van der Waals surface area (Å²) in [5.74, 6) is 0.987. The van der Waals surface area contributed by atoms with Crippen LogP contribution in [0.25, 0.3) is 0 Å². The van der Waals surface area contributed by atoms with Gasteiger partial charge >= 0.3 is 0 Å². The molecule has 4 heteroatoms. The lowest BCUT2D eigenvalue weighted by molar-refractivity contribution is -0.121. The summed E-state index contributed by atoms with van der Waals surface area (Å²) in [5, 5.41) is 6.43. The van der Waals surface area contributed by atoms with Crippen molar-refractivity contribution in [2.45, 2.75) is 38.1 Å². The topological polar surface area (TPSA) is 50.4 Å². The molecule has 2 N–H and O–H groups in total. The molecule has 1 fully saturated rings. The highest BCUT2D eigenvalue weighted by atomic mass is 16.5. The van der Waals surface area contributed by atoms with Crippen LogP contribution in [0.15, 0.2) is 24.3 Å². The second kappa shape index (κ2) is 7.90. The third-order valence-electron chi connectivity index (χ3n) is 3.78. The maximum atomic E-state index is 11.8. The summed E-state index contributed by atoms with van der Waals surface area (Å²) in [6.45, 7) is 1.90. The van der Waals surface area contributed by atoms with Crippen LogP contribution in [-0.2, 0) is 11.2 Å². The van der Waals surface area contributed by atoms with Crippen LogP contribution in [0.4, 0.5) is 0 Å². The molecule has 1 aromatic rings. The molecule has 1 heterocycles. The number of carbonyl (C=O) groups excluding carboxylic acids is 1. The van der Waals surface area contributed by atoms with Crippen LogP contribution in [0, 0.1) is 0 Å². The molecular weight excluding hydrogens is 252 g/mol. The molecule has 0 radical (unpaired) electrons. The molecule has 4 nitrogen and oxygen atoms in total. The number of hydrogen-bond donors (Lipinski definition) is 2. The number of carbonyl (C=O) groups is 1. The normalized spacial score (nSPS) is 17.9. The van der Waals surface area contributed by atoms with Gasteiger partial charge in [-0.25, -0.2) is 0 Å². The zero-order chi connectivity index (χ0) is 14.2. The third kappa shape index (κ3) is 4.85. The third-order valence-corrected chi connectivity index (χ3v) is 3.78. The van der Waals surface area contributed by atoms with Gasteiger partial charge in [-0.15, -0.1) is 0 Å². The Hall–Kier alpha value is -1.55. The van der Waals surface area contributed by atoms with E-state index in [1.54, 1.807) is 7.11 Å². The number of ether oxygens (including phenoxy) is 1. The molecule has 1 aliphatic rings. The SMILES string of the molecule is COc1ccc(CCC(=O)NCCC2CCCN2)cc1. The van der Waals surface area contributed by atoms with Crippen molar-refractivity contribution in [2.75, 3.05) is 20.2 Å². The summed E-state index contributed by atoms with van der Waals surface area (Å²) in [5.41, 5.74) is 1.17. The maximum absolute atomic E-state index is 11.8. The summed E-state index contributed by atoms with van der Waals surface area (Å²) >= 11 is 0. The smallest absolute Gasteiger partial charge is 0.220 e. The quantitative estimate of drug-likeness (QED) is 0.799. The van der Waals surface area contributed by atoms with Crippen LogP contribution in [0.2, 0.25) is 0 Å². The van der Waals surface area contributed by atoms with Crippen LogP contribution in [0.1, 0.15) is 31.2 Å². The van der Waals surface area contributed by atoms with Crippen molar-refractivity contribution in [3.05, 3.63) is 29.8 Å².